The molecule has 0 radical (unpaired) electrons. The lowest BCUT2D eigenvalue weighted by Gasteiger charge is -2.27. The van der Waals surface area contributed by atoms with E-state index in [1.165, 1.54) is 31.2 Å². The summed E-state index contributed by atoms with van der Waals surface area (Å²) in [5.74, 6) is -0.945. The molecule has 0 aromatic carbocycles. The summed E-state index contributed by atoms with van der Waals surface area (Å²) in [6, 6.07) is 4.03. The van der Waals surface area contributed by atoms with Gasteiger partial charge in [-0.15, -0.1) is 0 Å². The van der Waals surface area contributed by atoms with Gasteiger partial charge in [-0.25, -0.2) is 13.8 Å². The van der Waals surface area contributed by atoms with Crippen LogP contribution in [0.25, 0.3) is 0 Å². The zero-order valence-corrected chi connectivity index (χ0v) is 12.4. The van der Waals surface area contributed by atoms with Gasteiger partial charge in [-0.2, -0.15) is 0 Å². The third kappa shape index (κ3) is 3.92. The third-order valence-corrected chi connectivity index (χ3v) is 4.89. The van der Waals surface area contributed by atoms with Crippen LogP contribution >= 0.6 is 0 Å². The molecule has 0 unspecified atom stereocenters. The normalized spacial score (nSPS) is 23.3. The fraction of sp³-hybridized carbons (Fsp3) is 0.706. The van der Waals surface area contributed by atoms with E-state index in [0.717, 1.165) is 0 Å². The van der Waals surface area contributed by atoms with Gasteiger partial charge < -0.3 is 4.74 Å². The standard InChI is InChI=1S/C17H23F2NO/c18-17(19)9-7-13(8-10-17)12-21-16-6-5-15(11-20-16)14-3-1-2-4-14/h5-6,11,13-14H,1-4,7-10,12H2. The molecule has 116 valence electrons. The zero-order valence-electron chi connectivity index (χ0n) is 12.4. The molecule has 4 heteroatoms. The maximum atomic E-state index is 13.1. The number of rotatable bonds is 4. The molecule has 0 aliphatic heterocycles. The molecule has 2 saturated carbocycles. The summed E-state index contributed by atoms with van der Waals surface area (Å²) in [5.41, 5.74) is 1.30. The van der Waals surface area contributed by atoms with Crippen molar-refractivity contribution in [1.82, 2.24) is 4.98 Å². The molecule has 0 saturated heterocycles. The minimum atomic E-state index is -2.46. The predicted octanol–water partition coefficient (Wildman–Crippen LogP) is 4.94. The minimum absolute atomic E-state index is 0.00489. The maximum absolute atomic E-state index is 13.1. The number of hydrogen-bond acceptors (Lipinski definition) is 2. The summed E-state index contributed by atoms with van der Waals surface area (Å²) in [5, 5.41) is 0. The monoisotopic (exact) mass is 295 g/mol. The van der Waals surface area contributed by atoms with E-state index in [9.17, 15) is 8.78 Å². The Bertz CT molecular complexity index is 444. The number of alkyl halides is 2. The molecular formula is C17H23F2NO. The van der Waals surface area contributed by atoms with Crippen LogP contribution in [0.1, 0.15) is 62.8 Å². The highest BCUT2D eigenvalue weighted by Crippen LogP contribution is 2.36. The van der Waals surface area contributed by atoms with E-state index < -0.39 is 5.92 Å². The summed E-state index contributed by atoms with van der Waals surface area (Å²) < 4.78 is 31.8. The first kappa shape index (κ1) is 14.7. The molecule has 2 aliphatic carbocycles. The van der Waals surface area contributed by atoms with Crippen molar-refractivity contribution in [3.63, 3.8) is 0 Å². The van der Waals surface area contributed by atoms with Crippen molar-refractivity contribution < 1.29 is 13.5 Å². The second kappa shape index (κ2) is 6.29. The summed E-state index contributed by atoms with van der Waals surface area (Å²) in [4.78, 5) is 4.37. The molecule has 3 rings (SSSR count). The second-order valence-corrected chi connectivity index (χ2v) is 6.52. The Hall–Kier alpha value is -1.19. The summed E-state index contributed by atoms with van der Waals surface area (Å²) in [7, 11) is 0. The van der Waals surface area contributed by atoms with E-state index in [0.29, 0.717) is 31.2 Å². The van der Waals surface area contributed by atoms with Gasteiger partial charge in [0, 0.05) is 25.1 Å². The Balaban J connectivity index is 1.47. The molecule has 0 N–H and O–H groups in total. The Kier molecular flexibility index (Phi) is 4.41. The van der Waals surface area contributed by atoms with Crippen LogP contribution in [-0.4, -0.2) is 17.5 Å². The summed E-state index contributed by atoms with van der Waals surface area (Å²) in [6.45, 7) is 0.506. The van der Waals surface area contributed by atoms with Crippen molar-refractivity contribution in [3.05, 3.63) is 23.9 Å². The smallest absolute Gasteiger partial charge is 0.248 e. The molecule has 21 heavy (non-hydrogen) atoms. The fourth-order valence-corrected chi connectivity index (χ4v) is 3.45. The fourth-order valence-electron chi connectivity index (χ4n) is 3.45. The van der Waals surface area contributed by atoms with Crippen LogP contribution in [0.3, 0.4) is 0 Å². The van der Waals surface area contributed by atoms with Crippen molar-refractivity contribution in [1.29, 1.82) is 0 Å². The first-order valence-corrected chi connectivity index (χ1v) is 8.09. The van der Waals surface area contributed by atoms with Gasteiger partial charge in [0.25, 0.3) is 0 Å². The highest BCUT2D eigenvalue weighted by Gasteiger charge is 2.35. The number of ether oxygens (including phenoxy) is 1. The van der Waals surface area contributed by atoms with Gasteiger partial charge in [0.05, 0.1) is 6.61 Å². The van der Waals surface area contributed by atoms with E-state index in [1.54, 1.807) is 0 Å². The van der Waals surface area contributed by atoms with Gasteiger partial charge in [-0.05, 0) is 43.1 Å². The Labute approximate surface area is 124 Å². The number of aromatic nitrogens is 1. The van der Waals surface area contributed by atoms with Crippen LogP contribution < -0.4 is 4.74 Å². The molecule has 2 nitrogen and oxygen atoms in total. The van der Waals surface area contributed by atoms with Crippen molar-refractivity contribution in [3.8, 4) is 5.88 Å². The van der Waals surface area contributed by atoms with Crippen molar-refractivity contribution in [2.75, 3.05) is 6.61 Å². The van der Waals surface area contributed by atoms with Gasteiger partial charge in [0.15, 0.2) is 0 Å². The van der Waals surface area contributed by atoms with Crippen LogP contribution in [0.4, 0.5) is 8.78 Å². The summed E-state index contributed by atoms with van der Waals surface area (Å²) in [6.07, 6.45) is 8.16. The largest absolute Gasteiger partial charge is 0.477 e. The second-order valence-electron chi connectivity index (χ2n) is 6.52. The van der Waals surface area contributed by atoms with Gasteiger partial charge >= 0.3 is 0 Å². The number of nitrogens with zero attached hydrogens (tertiary/aromatic N) is 1. The van der Waals surface area contributed by atoms with Crippen LogP contribution in [0.15, 0.2) is 18.3 Å². The number of halogens is 2. The Morgan fingerprint density at radius 1 is 1.10 bits per heavy atom. The lowest BCUT2D eigenvalue weighted by atomic mass is 9.87. The van der Waals surface area contributed by atoms with E-state index in [4.69, 9.17) is 4.74 Å². The molecule has 1 aromatic rings. The van der Waals surface area contributed by atoms with Crippen LogP contribution in [0.5, 0.6) is 5.88 Å². The molecule has 0 spiro atoms. The molecule has 2 aliphatic rings. The summed E-state index contributed by atoms with van der Waals surface area (Å²) >= 11 is 0. The van der Waals surface area contributed by atoms with Gasteiger partial charge in [0.1, 0.15) is 0 Å². The van der Waals surface area contributed by atoms with Crippen LogP contribution in [-0.2, 0) is 0 Å². The van der Waals surface area contributed by atoms with E-state index >= 15 is 0 Å². The van der Waals surface area contributed by atoms with Crippen molar-refractivity contribution >= 4 is 0 Å². The SMILES string of the molecule is FC1(F)CCC(COc2ccc(C3CCCC3)cn2)CC1. The lowest BCUT2D eigenvalue weighted by molar-refractivity contribution is -0.0500. The highest BCUT2D eigenvalue weighted by atomic mass is 19.3. The van der Waals surface area contributed by atoms with Crippen molar-refractivity contribution in [2.24, 2.45) is 5.92 Å². The molecule has 0 atom stereocenters. The van der Waals surface area contributed by atoms with Gasteiger partial charge in [-0.3, -0.25) is 0 Å². The van der Waals surface area contributed by atoms with Crippen LogP contribution in [0, 0.1) is 5.92 Å². The first-order valence-electron chi connectivity index (χ1n) is 8.09. The first-order chi connectivity index (χ1) is 10.1. The minimum Gasteiger partial charge on any atom is -0.477 e. The van der Waals surface area contributed by atoms with E-state index in [-0.39, 0.29) is 18.8 Å². The van der Waals surface area contributed by atoms with Gasteiger partial charge in [-0.1, -0.05) is 18.9 Å². The average Bonchev–Trinajstić information content (AvgIpc) is 3.01. The maximum Gasteiger partial charge on any atom is 0.248 e. The Morgan fingerprint density at radius 3 is 2.43 bits per heavy atom. The number of hydrogen-bond donors (Lipinski definition) is 0. The number of pyridine rings is 1. The van der Waals surface area contributed by atoms with Gasteiger partial charge in [0.2, 0.25) is 11.8 Å². The molecule has 2 fully saturated rings. The van der Waals surface area contributed by atoms with Crippen molar-refractivity contribution in [2.45, 2.75) is 63.2 Å². The topological polar surface area (TPSA) is 22.1 Å². The highest BCUT2D eigenvalue weighted by molar-refractivity contribution is 5.21. The van der Waals surface area contributed by atoms with Crippen LogP contribution in [0.2, 0.25) is 0 Å². The van der Waals surface area contributed by atoms with E-state index in [1.807, 2.05) is 12.3 Å². The molecule has 0 amide bonds. The Morgan fingerprint density at radius 2 is 1.81 bits per heavy atom. The quantitative estimate of drug-likeness (QED) is 0.784. The molecule has 1 heterocycles. The molecular weight excluding hydrogens is 272 g/mol. The molecule has 1 aromatic heterocycles. The van der Waals surface area contributed by atoms with E-state index in [2.05, 4.69) is 11.1 Å². The third-order valence-electron chi connectivity index (χ3n) is 4.89. The lowest BCUT2D eigenvalue weighted by Crippen LogP contribution is -2.27. The average molecular weight is 295 g/mol. The zero-order chi connectivity index (χ0) is 14.7. The molecule has 0 bridgehead atoms. The predicted molar refractivity (Wildman–Crippen MR) is 77.8 cm³/mol.